The van der Waals surface area contributed by atoms with Gasteiger partial charge in [0.25, 0.3) is 5.91 Å². The van der Waals surface area contributed by atoms with E-state index in [-0.39, 0.29) is 18.5 Å². The van der Waals surface area contributed by atoms with Crippen LogP contribution in [0.1, 0.15) is 21.2 Å². The zero-order chi connectivity index (χ0) is 19.4. The van der Waals surface area contributed by atoms with Crippen molar-refractivity contribution >= 4 is 23.2 Å². The van der Waals surface area contributed by atoms with Crippen LogP contribution in [0, 0.1) is 6.92 Å². The second kappa shape index (κ2) is 8.09. The van der Waals surface area contributed by atoms with Crippen molar-refractivity contribution in [2.75, 3.05) is 26.1 Å². The lowest BCUT2D eigenvalue weighted by atomic mass is 10.2. The number of aryl methyl sites for hydroxylation is 1. The summed E-state index contributed by atoms with van der Waals surface area (Å²) in [6.07, 6.45) is 0. The van der Waals surface area contributed by atoms with Crippen molar-refractivity contribution in [1.82, 2.24) is 25.3 Å². The summed E-state index contributed by atoms with van der Waals surface area (Å²) >= 11 is 1.36. The molecule has 0 spiro atoms. The van der Waals surface area contributed by atoms with Gasteiger partial charge in [0, 0.05) is 19.7 Å². The van der Waals surface area contributed by atoms with Gasteiger partial charge in [0.1, 0.15) is 9.88 Å². The molecule has 0 aliphatic carbocycles. The summed E-state index contributed by atoms with van der Waals surface area (Å²) < 4.78 is 5.10. The summed E-state index contributed by atoms with van der Waals surface area (Å²) in [6, 6.07) is 9.99. The van der Waals surface area contributed by atoms with Crippen molar-refractivity contribution in [2.24, 2.45) is 0 Å². The molecule has 9 heteroatoms. The first-order valence-electron chi connectivity index (χ1n) is 8.25. The van der Waals surface area contributed by atoms with Gasteiger partial charge >= 0.3 is 6.01 Å². The number of hydrogen-bond donors (Lipinski definition) is 1. The van der Waals surface area contributed by atoms with Crippen molar-refractivity contribution in [3.63, 3.8) is 0 Å². The lowest BCUT2D eigenvalue weighted by Crippen LogP contribution is -2.25. The van der Waals surface area contributed by atoms with Gasteiger partial charge in [0.15, 0.2) is 5.82 Å². The number of hydrogen-bond acceptors (Lipinski definition) is 8. The molecule has 27 heavy (non-hydrogen) atoms. The van der Waals surface area contributed by atoms with Crippen LogP contribution in [0.4, 0.5) is 5.95 Å². The Morgan fingerprint density at radius 2 is 1.89 bits per heavy atom. The Balaban J connectivity index is 1.75. The number of thiazole rings is 1. The number of carbonyl (C=O) groups is 1. The Bertz CT molecular complexity index is 942. The minimum absolute atomic E-state index is 0.163. The molecule has 0 aliphatic heterocycles. The van der Waals surface area contributed by atoms with Crippen molar-refractivity contribution in [3.05, 3.63) is 46.7 Å². The molecule has 0 fully saturated rings. The van der Waals surface area contributed by atoms with Gasteiger partial charge in [-0.2, -0.15) is 15.0 Å². The van der Waals surface area contributed by atoms with Gasteiger partial charge in [-0.05, 0) is 6.92 Å². The summed E-state index contributed by atoms with van der Waals surface area (Å²) in [6.45, 7) is 1.99. The molecule has 1 N–H and O–H groups in total. The Morgan fingerprint density at radius 1 is 1.15 bits per heavy atom. The Morgan fingerprint density at radius 3 is 2.56 bits per heavy atom. The highest BCUT2D eigenvalue weighted by Gasteiger charge is 2.17. The van der Waals surface area contributed by atoms with E-state index in [1.807, 2.05) is 51.4 Å². The molecule has 0 aliphatic rings. The van der Waals surface area contributed by atoms with Crippen molar-refractivity contribution in [2.45, 2.75) is 13.5 Å². The quantitative estimate of drug-likeness (QED) is 0.697. The third-order valence-electron chi connectivity index (χ3n) is 3.66. The molecule has 0 saturated carbocycles. The lowest BCUT2D eigenvalue weighted by Gasteiger charge is -2.12. The summed E-state index contributed by atoms with van der Waals surface area (Å²) in [7, 11) is 5.13. The molecule has 2 aromatic heterocycles. The minimum Gasteiger partial charge on any atom is -0.467 e. The third-order valence-corrected chi connectivity index (χ3v) is 4.87. The third kappa shape index (κ3) is 4.37. The second-order valence-electron chi connectivity index (χ2n) is 5.92. The smallest absolute Gasteiger partial charge is 0.321 e. The van der Waals surface area contributed by atoms with E-state index >= 15 is 0 Å². The Kier molecular flexibility index (Phi) is 5.60. The topological polar surface area (TPSA) is 93.1 Å². The van der Waals surface area contributed by atoms with E-state index in [2.05, 4.69) is 25.3 Å². The molecule has 2 heterocycles. The average molecular weight is 384 g/mol. The van der Waals surface area contributed by atoms with E-state index in [1.165, 1.54) is 18.4 Å². The maximum atomic E-state index is 12.6. The fourth-order valence-corrected chi connectivity index (χ4v) is 3.30. The Hall–Kier alpha value is -3.07. The molecule has 140 valence electrons. The summed E-state index contributed by atoms with van der Waals surface area (Å²) in [5.41, 5.74) is 1.68. The van der Waals surface area contributed by atoms with E-state index in [0.29, 0.717) is 22.3 Å². The largest absolute Gasteiger partial charge is 0.467 e. The second-order valence-corrected chi connectivity index (χ2v) is 6.91. The van der Waals surface area contributed by atoms with Crippen LogP contribution >= 0.6 is 11.3 Å². The molecule has 0 unspecified atom stereocenters. The van der Waals surface area contributed by atoms with Crippen LogP contribution in [0.15, 0.2) is 30.3 Å². The van der Waals surface area contributed by atoms with Gasteiger partial charge < -0.3 is 15.0 Å². The Labute approximate surface area is 161 Å². The van der Waals surface area contributed by atoms with Gasteiger partial charge in [0.2, 0.25) is 5.95 Å². The maximum absolute atomic E-state index is 12.6. The van der Waals surface area contributed by atoms with Gasteiger partial charge in [-0.25, -0.2) is 4.98 Å². The highest BCUT2D eigenvalue weighted by molar-refractivity contribution is 7.17. The zero-order valence-corrected chi connectivity index (χ0v) is 16.4. The van der Waals surface area contributed by atoms with E-state index in [1.54, 1.807) is 4.90 Å². The number of aromatic nitrogens is 4. The number of nitrogens with zero attached hydrogens (tertiary/aromatic N) is 5. The highest BCUT2D eigenvalue weighted by atomic mass is 32.1. The van der Waals surface area contributed by atoms with Crippen LogP contribution in [0.25, 0.3) is 10.6 Å². The van der Waals surface area contributed by atoms with E-state index in [0.717, 1.165) is 10.6 Å². The van der Waals surface area contributed by atoms with Crippen LogP contribution in [0.5, 0.6) is 6.01 Å². The molecule has 8 nitrogen and oxygen atoms in total. The number of ether oxygens (including phenoxy) is 1. The summed E-state index contributed by atoms with van der Waals surface area (Å²) in [5.74, 6) is 0.675. The summed E-state index contributed by atoms with van der Waals surface area (Å²) in [4.78, 5) is 32.1. The standard InChI is InChI=1S/C18H20N6O2S/c1-11-14(27-16(20-11)12-8-6-5-7-9-12)15(25)19-10-13-21-17(24(2)3)23-18(22-13)26-4/h5-9H,10H2,1-4H3,(H,19,25). The van der Waals surface area contributed by atoms with E-state index in [4.69, 9.17) is 4.74 Å². The highest BCUT2D eigenvalue weighted by Crippen LogP contribution is 2.27. The molecule has 3 aromatic rings. The van der Waals surface area contributed by atoms with Crippen molar-refractivity contribution < 1.29 is 9.53 Å². The number of nitrogens with one attached hydrogen (secondary N) is 1. The average Bonchev–Trinajstić information content (AvgIpc) is 3.08. The molecule has 3 rings (SSSR count). The first-order chi connectivity index (χ1) is 13.0. The molecular weight excluding hydrogens is 364 g/mol. The molecule has 1 aromatic carbocycles. The molecule has 0 bridgehead atoms. The normalized spacial score (nSPS) is 10.5. The van der Waals surface area contributed by atoms with Gasteiger partial charge in [-0.15, -0.1) is 11.3 Å². The van der Waals surface area contributed by atoms with Crippen LogP contribution in [0.3, 0.4) is 0 Å². The van der Waals surface area contributed by atoms with Gasteiger partial charge in [-0.1, -0.05) is 30.3 Å². The van der Waals surface area contributed by atoms with Crippen LogP contribution < -0.4 is 15.0 Å². The SMILES string of the molecule is COc1nc(CNC(=O)c2sc(-c3ccccc3)nc2C)nc(N(C)C)n1. The molecule has 0 atom stereocenters. The van der Waals surface area contributed by atoms with Crippen molar-refractivity contribution in [3.8, 4) is 16.6 Å². The monoisotopic (exact) mass is 384 g/mol. The predicted octanol–water partition coefficient (Wildman–Crippen LogP) is 2.31. The number of amides is 1. The van der Waals surface area contributed by atoms with Crippen LogP contribution in [-0.4, -0.2) is 47.0 Å². The molecule has 0 radical (unpaired) electrons. The first kappa shape index (κ1) is 18.7. The number of anilines is 1. The van der Waals surface area contributed by atoms with Gasteiger partial charge in [0.05, 0.1) is 19.3 Å². The molecule has 1 amide bonds. The molecule has 0 saturated heterocycles. The fourth-order valence-electron chi connectivity index (χ4n) is 2.31. The van der Waals surface area contributed by atoms with Crippen LogP contribution in [0.2, 0.25) is 0 Å². The van der Waals surface area contributed by atoms with E-state index < -0.39 is 0 Å². The minimum atomic E-state index is -0.210. The maximum Gasteiger partial charge on any atom is 0.321 e. The fraction of sp³-hybridized carbons (Fsp3) is 0.278. The lowest BCUT2D eigenvalue weighted by molar-refractivity contribution is 0.0953. The van der Waals surface area contributed by atoms with Crippen LogP contribution in [-0.2, 0) is 6.54 Å². The number of carbonyl (C=O) groups excluding carboxylic acids is 1. The summed E-state index contributed by atoms with van der Waals surface area (Å²) in [5, 5.41) is 3.66. The zero-order valence-electron chi connectivity index (χ0n) is 15.6. The number of rotatable bonds is 6. The number of benzene rings is 1. The van der Waals surface area contributed by atoms with Gasteiger partial charge in [-0.3, -0.25) is 4.79 Å². The first-order valence-corrected chi connectivity index (χ1v) is 9.07. The molecular formula is C18H20N6O2S. The predicted molar refractivity (Wildman–Crippen MR) is 104 cm³/mol. The van der Waals surface area contributed by atoms with E-state index in [9.17, 15) is 4.79 Å². The number of methoxy groups -OCH3 is 1. The van der Waals surface area contributed by atoms with Crippen molar-refractivity contribution in [1.29, 1.82) is 0 Å².